The third kappa shape index (κ3) is 4.26. The standard InChI is InChI=1S/C18H23NOS/c1-4-17(18(19-2)14-8-6-5-7-9-14)21-16-12-10-15(20-3)11-13-16/h5-13,17-19H,4H2,1-3H3. The quantitative estimate of drug-likeness (QED) is 0.759. The van der Waals surface area contributed by atoms with Crippen LogP contribution in [0.4, 0.5) is 0 Å². The summed E-state index contributed by atoms with van der Waals surface area (Å²) in [4.78, 5) is 1.28. The molecule has 0 fully saturated rings. The van der Waals surface area contributed by atoms with Crippen molar-refractivity contribution < 1.29 is 4.74 Å². The van der Waals surface area contributed by atoms with Crippen molar-refractivity contribution >= 4 is 11.8 Å². The molecular weight excluding hydrogens is 278 g/mol. The Bertz CT molecular complexity index is 527. The van der Waals surface area contributed by atoms with Crippen molar-refractivity contribution in [2.75, 3.05) is 14.2 Å². The molecule has 0 spiro atoms. The first-order valence-corrected chi connectivity index (χ1v) is 8.19. The normalized spacial score (nSPS) is 13.7. The molecule has 0 aliphatic heterocycles. The minimum Gasteiger partial charge on any atom is -0.497 e. The molecule has 0 aliphatic rings. The van der Waals surface area contributed by atoms with Crippen LogP contribution < -0.4 is 10.1 Å². The molecule has 1 N–H and O–H groups in total. The number of methoxy groups -OCH3 is 1. The lowest BCUT2D eigenvalue weighted by molar-refractivity contribution is 0.414. The van der Waals surface area contributed by atoms with Gasteiger partial charge in [0.15, 0.2) is 0 Å². The second kappa shape index (κ2) is 8.11. The van der Waals surface area contributed by atoms with Crippen LogP contribution in [0.3, 0.4) is 0 Å². The maximum Gasteiger partial charge on any atom is 0.118 e. The lowest BCUT2D eigenvalue weighted by Gasteiger charge is -2.26. The Morgan fingerprint density at radius 2 is 1.71 bits per heavy atom. The van der Waals surface area contributed by atoms with Gasteiger partial charge >= 0.3 is 0 Å². The van der Waals surface area contributed by atoms with E-state index < -0.39 is 0 Å². The van der Waals surface area contributed by atoms with Gasteiger partial charge in [0.25, 0.3) is 0 Å². The van der Waals surface area contributed by atoms with E-state index in [1.54, 1.807) is 7.11 Å². The summed E-state index contributed by atoms with van der Waals surface area (Å²) in [6, 6.07) is 19.3. The fourth-order valence-electron chi connectivity index (χ4n) is 2.44. The number of thioether (sulfide) groups is 1. The monoisotopic (exact) mass is 301 g/mol. The highest BCUT2D eigenvalue weighted by molar-refractivity contribution is 8.00. The number of nitrogens with one attached hydrogen (secondary N) is 1. The first kappa shape index (κ1) is 15.9. The predicted octanol–water partition coefficient (Wildman–Crippen LogP) is 4.53. The molecule has 0 heterocycles. The van der Waals surface area contributed by atoms with Crippen LogP contribution >= 0.6 is 11.8 Å². The van der Waals surface area contributed by atoms with Gasteiger partial charge in [-0.3, -0.25) is 0 Å². The van der Waals surface area contributed by atoms with Crippen LogP contribution in [0.25, 0.3) is 0 Å². The molecule has 2 rings (SSSR count). The first-order chi connectivity index (χ1) is 10.3. The minimum absolute atomic E-state index is 0.350. The number of benzene rings is 2. The smallest absolute Gasteiger partial charge is 0.118 e. The van der Waals surface area contributed by atoms with Crippen LogP contribution in [0.5, 0.6) is 5.75 Å². The summed E-state index contributed by atoms with van der Waals surface area (Å²) in [5.74, 6) is 0.903. The van der Waals surface area contributed by atoms with E-state index in [9.17, 15) is 0 Å². The lowest BCUT2D eigenvalue weighted by Crippen LogP contribution is -2.26. The number of hydrogen-bond donors (Lipinski definition) is 1. The summed E-state index contributed by atoms with van der Waals surface area (Å²) < 4.78 is 5.22. The van der Waals surface area contributed by atoms with Gasteiger partial charge < -0.3 is 10.1 Å². The first-order valence-electron chi connectivity index (χ1n) is 7.31. The topological polar surface area (TPSA) is 21.3 Å². The fourth-order valence-corrected chi connectivity index (χ4v) is 3.68. The molecule has 0 aliphatic carbocycles. The molecule has 21 heavy (non-hydrogen) atoms. The van der Waals surface area contributed by atoms with E-state index in [4.69, 9.17) is 4.74 Å². The third-order valence-electron chi connectivity index (χ3n) is 3.59. The summed E-state index contributed by atoms with van der Waals surface area (Å²) in [5, 5.41) is 3.96. The van der Waals surface area contributed by atoms with Crippen LogP contribution in [0, 0.1) is 0 Å². The van der Waals surface area contributed by atoms with Crippen molar-refractivity contribution in [1.29, 1.82) is 0 Å². The summed E-state index contributed by atoms with van der Waals surface area (Å²) in [6.45, 7) is 2.24. The van der Waals surface area contributed by atoms with E-state index in [2.05, 4.69) is 54.7 Å². The summed E-state index contributed by atoms with van der Waals surface area (Å²) in [5.41, 5.74) is 1.34. The van der Waals surface area contributed by atoms with Crippen molar-refractivity contribution in [1.82, 2.24) is 5.32 Å². The highest BCUT2D eigenvalue weighted by Crippen LogP contribution is 2.34. The van der Waals surface area contributed by atoms with E-state index >= 15 is 0 Å². The molecular formula is C18H23NOS. The van der Waals surface area contributed by atoms with Crippen molar-refractivity contribution in [2.24, 2.45) is 0 Å². The van der Waals surface area contributed by atoms with Crippen molar-refractivity contribution in [3.05, 3.63) is 60.2 Å². The van der Waals surface area contributed by atoms with Crippen LogP contribution in [0.15, 0.2) is 59.5 Å². The Kier molecular flexibility index (Phi) is 6.15. The van der Waals surface area contributed by atoms with Crippen molar-refractivity contribution in [2.45, 2.75) is 29.5 Å². The SMILES string of the molecule is CCC(Sc1ccc(OC)cc1)C(NC)c1ccccc1. The maximum atomic E-state index is 5.22. The Hall–Kier alpha value is -1.45. The van der Waals surface area contributed by atoms with Gasteiger partial charge in [-0.05, 0) is 43.3 Å². The van der Waals surface area contributed by atoms with Crippen LogP contribution in [-0.2, 0) is 0 Å². The minimum atomic E-state index is 0.350. The van der Waals surface area contributed by atoms with Crippen LogP contribution in [0.1, 0.15) is 24.9 Å². The van der Waals surface area contributed by atoms with E-state index in [1.807, 2.05) is 30.9 Å². The molecule has 2 unspecified atom stereocenters. The van der Waals surface area contributed by atoms with Crippen LogP contribution in [0.2, 0.25) is 0 Å². The van der Waals surface area contributed by atoms with Gasteiger partial charge in [-0.2, -0.15) is 0 Å². The Morgan fingerprint density at radius 3 is 2.24 bits per heavy atom. The molecule has 112 valence electrons. The molecule has 0 radical (unpaired) electrons. The fraction of sp³-hybridized carbons (Fsp3) is 0.333. The van der Waals surface area contributed by atoms with E-state index in [-0.39, 0.29) is 0 Å². The number of ether oxygens (including phenoxy) is 1. The summed E-state index contributed by atoms with van der Waals surface area (Å²) in [7, 11) is 3.73. The number of hydrogen-bond acceptors (Lipinski definition) is 3. The molecule has 0 bridgehead atoms. The molecule has 2 aromatic carbocycles. The second-order valence-corrected chi connectivity index (χ2v) is 6.23. The van der Waals surface area contributed by atoms with Crippen molar-refractivity contribution in [3.63, 3.8) is 0 Å². The van der Waals surface area contributed by atoms with E-state index in [0.29, 0.717) is 11.3 Å². The van der Waals surface area contributed by atoms with Gasteiger partial charge in [0.2, 0.25) is 0 Å². The van der Waals surface area contributed by atoms with Gasteiger partial charge in [0.1, 0.15) is 5.75 Å². The Labute approximate surface area is 131 Å². The Balaban J connectivity index is 2.13. The molecule has 0 aromatic heterocycles. The van der Waals surface area contributed by atoms with E-state index in [0.717, 1.165) is 12.2 Å². The molecule has 3 heteroatoms. The predicted molar refractivity (Wildman–Crippen MR) is 91.2 cm³/mol. The van der Waals surface area contributed by atoms with E-state index in [1.165, 1.54) is 10.5 Å². The van der Waals surface area contributed by atoms with Gasteiger partial charge in [-0.1, -0.05) is 37.3 Å². The molecule has 2 nitrogen and oxygen atoms in total. The maximum absolute atomic E-state index is 5.22. The third-order valence-corrected chi connectivity index (χ3v) is 5.04. The Morgan fingerprint density at radius 1 is 1.05 bits per heavy atom. The second-order valence-electron chi connectivity index (χ2n) is 4.92. The average molecular weight is 301 g/mol. The summed E-state index contributed by atoms with van der Waals surface area (Å²) >= 11 is 1.92. The van der Waals surface area contributed by atoms with Crippen molar-refractivity contribution in [3.8, 4) is 5.75 Å². The molecule has 0 saturated heterocycles. The molecule has 2 aromatic rings. The zero-order valence-corrected chi connectivity index (χ0v) is 13.7. The highest BCUT2D eigenvalue weighted by Gasteiger charge is 2.21. The summed E-state index contributed by atoms with van der Waals surface area (Å²) in [6.07, 6.45) is 1.11. The average Bonchev–Trinajstić information content (AvgIpc) is 2.56. The lowest BCUT2D eigenvalue weighted by atomic mass is 10.0. The molecule has 0 saturated carbocycles. The van der Waals surface area contributed by atoms with Gasteiger partial charge in [-0.15, -0.1) is 11.8 Å². The van der Waals surface area contributed by atoms with Crippen LogP contribution in [-0.4, -0.2) is 19.4 Å². The molecule has 2 atom stereocenters. The van der Waals surface area contributed by atoms with Gasteiger partial charge in [-0.25, -0.2) is 0 Å². The highest BCUT2D eigenvalue weighted by atomic mass is 32.2. The largest absolute Gasteiger partial charge is 0.497 e. The van der Waals surface area contributed by atoms with Gasteiger partial charge in [0, 0.05) is 16.2 Å². The molecule has 0 amide bonds. The zero-order valence-electron chi connectivity index (χ0n) is 12.9. The number of rotatable bonds is 7. The van der Waals surface area contributed by atoms with Gasteiger partial charge in [0.05, 0.1) is 7.11 Å². The zero-order chi connectivity index (χ0) is 15.1.